The molecule has 26 heavy (non-hydrogen) atoms. The van der Waals surface area contributed by atoms with Crippen LogP contribution in [0.2, 0.25) is 0 Å². The molecule has 0 amide bonds. The summed E-state index contributed by atoms with van der Waals surface area (Å²) in [6.07, 6.45) is 2.29. The minimum atomic E-state index is -0.572. The van der Waals surface area contributed by atoms with E-state index < -0.39 is 6.04 Å². The van der Waals surface area contributed by atoms with Gasteiger partial charge in [0.15, 0.2) is 6.04 Å². The fourth-order valence-corrected chi connectivity index (χ4v) is 2.99. The number of hydrogen-bond donors (Lipinski definition) is 1. The van der Waals surface area contributed by atoms with Gasteiger partial charge in [-0.2, -0.15) is 0 Å². The molecule has 1 aromatic heterocycles. The van der Waals surface area contributed by atoms with E-state index in [2.05, 4.69) is 11.1 Å². The van der Waals surface area contributed by atoms with Gasteiger partial charge in [-0.25, -0.2) is 4.79 Å². The number of para-hydroxylation sites is 1. The summed E-state index contributed by atoms with van der Waals surface area (Å²) in [6, 6.07) is 17.4. The van der Waals surface area contributed by atoms with Gasteiger partial charge in [-0.15, -0.1) is 0 Å². The van der Waals surface area contributed by atoms with E-state index in [0.717, 1.165) is 27.7 Å². The van der Waals surface area contributed by atoms with Crippen LogP contribution in [0.1, 0.15) is 31.9 Å². The van der Waals surface area contributed by atoms with Crippen LogP contribution < -0.4 is 0 Å². The van der Waals surface area contributed by atoms with Crippen molar-refractivity contribution in [1.82, 2.24) is 4.98 Å². The van der Waals surface area contributed by atoms with Crippen LogP contribution in [0.4, 0.5) is 0 Å². The molecule has 2 aromatic carbocycles. The summed E-state index contributed by atoms with van der Waals surface area (Å²) in [5.41, 5.74) is 3.96. The van der Waals surface area contributed by atoms with E-state index in [1.807, 2.05) is 75.5 Å². The van der Waals surface area contributed by atoms with E-state index in [4.69, 9.17) is 9.73 Å². The van der Waals surface area contributed by atoms with Gasteiger partial charge in [0.25, 0.3) is 0 Å². The standard InChI is InChI=1S/C22H24N2O2/c1-15(2)26-22(25)21(24-16(3)17-9-5-4-6-10-17)13-18-14-23-20-12-8-7-11-19(18)20/h4-12,14-15,21,23H,13H2,1-3H3/t21-/m0/s1. The van der Waals surface area contributed by atoms with Gasteiger partial charge in [0.05, 0.1) is 6.10 Å². The molecule has 4 heteroatoms. The molecule has 0 saturated carbocycles. The molecule has 0 aliphatic carbocycles. The van der Waals surface area contributed by atoms with Crippen molar-refractivity contribution in [2.24, 2.45) is 4.99 Å². The van der Waals surface area contributed by atoms with E-state index in [9.17, 15) is 4.79 Å². The van der Waals surface area contributed by atoms with Crippen molar-refractivity contribution < 1.29 is 9.53 Å². The maximum absolute atomic E-state index is 12.6. The maximum atomic E-state index is 12.6. The Kier molecular flexibility index (Phi) is 5.52. The Labute approximate surface area is 153 Å². The normalized spacial score (nSPS) is 13.2. The number of aromatic nitrogens is 1. The van der Waals surface area contributed by atoms with Crippen LogP contribution in [0.15, 0.2) is 65.8 Å². The molecule has 3 aromatic rings. The van der Waals surface area contributed by atoms with Crippen molar-refractivity contribution in [3.05, 3.63) is 71.9 Å². The summed E-state index contributed by atoms with van der Waals surface area (Å²) in [4.78, 5) is 20.6. The quantitative estimate of drug-likeness (QED) is 0.525. The van der Waals surface area contributed by atoms with E-state index in [-0.39, 0.29) is 12.1 Å². The highest BCUT2D eigenvalue weighted by Crippen LogP contribution is 2.21. The molecule has 0 fully saturated rings. The van der Waals surface area contributed by atoms with Gasteiger partial charge < -0.3 is 9.72 Å². The van der Waals surface area contributed by atoms with Crippen LogP contribution in [-0.2, 0) is 16.0 Å². The first-order valence-electron chi connectivity index (χ1n) is 8.90. The van der Waals surface area contributed by atoms with Crippen LogP contribution >= 0.6 is 0 Å². The summed E-state index contributed by atoms with van der Waals surface area (Å²) >= 11 is 0. The van der Waals surface area contributed by atoms with Gasteiger partial charge in [-0.3, -0.25) is 4.99 Å². The molecule has 0 radical (unpaired) electrons. The van der Waals surface area contributed by atoms with Crippen LogP contribution in [0, 0.1) is 0 Å². The first kappa shape index (κ1) is 17.9. The second kappa shape index (κ2) is 8.00. The SMILES string of the molecule is CC(=N[C@@H](Cc1c[nH]c2ccccc12)C(=O)OC(C)C)c1ccccc1. The molecule has 0 unspecified atom stereocenters. The lowest BCUT2D eigenvalue weighted by Crippen LogP contribution is -2.27. The molecular weight excluding hydrogens is 324 g/mol. The molecule has 0 aliphatic heterocycles. The van der Waals surface area contributed by atoms with Crippen LogP contribution in [0.25, 0.3) is 10.9 Å². The lowest BCUT2D eigenvalue weighted by molar-refractivity contribution is -0.148. The number of carbonyl (C=O) groups is 1. The number of carbonyl (C=O) groups excluding carboxylic acids is 1. The zero-order valence-corrected chi connectivity index (χ0v) is 15.4. The second-order valence-corrected chi connectivity index (χ2v) is 6.65. The monoisotopic (exact) mass is 348 g/mol. The van der Waals surface area contributed by atoms with Gasteiger partial charge in [0, 0.05) is 29.2 Å². The molecule has 134 valence electrons. The molecule has 1 N–H and O–H groups in total. The highest BCUT2D eigenvalue weighted by molar-refractivity contribution is 6.00. The molecule has 0 spiro atoms. The number of aliphatic imine (C=N–C) groups is 1. The Bertz CT molecular complexity index is 910. The average Bonchev–Trinajstić information content (AvgIpc) is 3.04. The summed E-state index contributed by atoms with van der Waals surface area (Å²) in [5.74, 6) is -0.291. The van der Waals surface area contributed by atoms with E-state index in [0.29, 0.717) is 6.42 Å². The third-order valence-electron chi connectivity index (χ3n) is 4.25. The lowest BCUT2D eigenvalue weighted by Gasteiger charge is -2.15. The van der Waals surface area contributed by atoms with Crippen LogP contribution in [-0.4, -0.2) is 28.8 Å². The fourth-order valence-electron chi connectivity index (χ4n) is 2.99. The zero-order valence-electron chi connectivity index (χ0n) is 15.4. The summed E-state index contributed by atoms with van der Waals surface area (Å²) < 4.78 is 5.45. The number of rotatable bonds is 6. The molecule has 0 bridgehead atoms. The fraction of sp³-hybridized carbons (Fsp3) is 0.273. The van der Waals surface area contributed by atoms with Crippen molar-refractivity contribution in [2.75, 3.05) is 0 Å². The van der Waals surface area contributed by atoms with Crippen LogP contribution in [0.5, 0.6) is 0 Å². The third-order valence-corrected chi connectivity index (χ3v) is 4.25. The Balaban J connectivity index is 1.92. The molecule has 1 atom stereocenters. The van der Waals surface area contributed by atoms with Crippen molar-refractivity contribution in [3.63, 3.8) is 0 Å². The highest BCUT2D eigenvalue weighted by atomic mass is 16.5. The molecule has 4 nitrogen and oxygen atoms in total. The van der Waals surface area contributed by atoms with E-state index >= 15 is 0 Å². The number of nitrogens with zero attached hydrogens (tertiary/aromatic N) is 1. The largest absolute Gasteiger partial charge is 0.461 e. The summed E-state index contributed by atoms with van der Waals surface area (Å²) in [7, 11) is 0. The topological polar surface area (TPSA) is 54.5 Å². The average molecular weight is 348 g/mol. The molecule has 3 rings (SSSR count). The van der Waals surface area contributed by atoms with Crippen LogP contribution in [0.3, 0.4) is 0 Å². The van der Waals surface area contributed by atoms with E-state index in [1.54, 1.807) is 0 Å². The van der Waals surface area contributed by atoms with Crippen molar-refractivity contribution in [1.29, 1.82) is 0 Å². The number of benzene rings is 2. The summed E-state index contributed by atoms with van der Waals surface area (Å²) in [5, 5.41) is 1.11. The number of aromatic amines is 1. The lowest BCUT2D eigenvalue weighted by atomic mass is 10.0. The Morgan fingerprint density at radius 1 is 1.08 bits per heavy atom. The second-order valence-electron chi connectivity index (χ2n) is 6.65. The molecule has 0 aliphatic rings. The van der Waals surface area contributed by atoms with Gasteiger partial charge in [0.2, 0.25) is 0 Å². The predicted molar refractivity (Wildman–Crippen MR) is 106 cm³/mol. The molecular formula is C22H24N2O2. The Morgan fingerprint density at radius 3 is 2.50 bits per heavy atom. The smallest absolute Gasteiger partial charge is 0.331 e. The number of esters is 1. The predicted octanol–water partition coefficient (Wildman–Crippen LogP) is 4.54. The third kappa shape index (κ3) is 4.20. The number of H-pyrrole nitrogens is 1. The minimum absolute atomic E-state index is 0.166. The van der Waals surface area contributed by atoms with Crippen molar-refractivity contribution in [3.8, 4) is 0 Å². The number of hydrogen-bond acceptors (Lipinski definition) is 3. The van der Waals surface area contributed by atoms with E-state index in [1.165, 1.54) is 0 Å². The minimum Gasteiger partial charge on any atom is -0.461 e. The van der Waals surface area contributed by atoms with Crippen molar-refractivity contribution >= 4 is 22.6 Å². The van der Waals surface area contributed by atoms with Gasteiger partial charge in [-0.05, 0) is 38.0 Å². The first-order valence-corrected chi connectivity index (χ1v) is 8.90. The van der Waals surface area contributed by atoms with Gasteiger partial charge in [-0.1, -0.05) is 48.5 Å². The summed E-state index contributed by atoms with van der Waals surface area (Å²) in [6.45, 7) is 5.64. The van der Waals surface area contributed by atoms with Crippen molar-refractivity contribution in [2.45, 2.75) is 39.3 Å². The van der Waals surface area contributed by atoms with Gasteiger partial charge in [0.1, 0.15) is 0 Å². The highest BCUT2D eigenvalue weighted by Gasteiger charge is 2.22. The Morgan fingerprint density at radius 2 is 1.77 bits per heavy atom. The number of nitrogens with one attached hydrogen (secondary N) is 1. The molecule has 0 saturated heterocycles. The Hall–Kier alpha value is -2.88. The maximum Gasteiger partial charge on any atom is 0.331 e. The van der Waals surface area contributed by atoms with Gasteiger partial charge >= 0.3 is 5.97 Å². The number of ether oxygens (including phenoxy) is 1. The first-order chi connectivity index (χ1) is 12.5. The zero-order chi connectivity index (χ0) is 18.5. The molecule has 1 heterocycles. The number of fused-ring (bicyclic) bond motifs is 1.